The molecule has 2 aromatic heterocycles. The molecule has 0 aliphatic heterocycles. The fourth-order valence-electron chi connectivity index (χ4n) is 3.03. The average Bonchev–Trinajstić information content (AvgIpc) is 3.12. The van der Waals surface area contributed by atoms with Crippen molar-refractivity contribution in [3.63, 3.8) is 0 Å². The Morgan fingerprint density at radius 2 is 1.75 bits per heavy atom. The molecule has 2 aromatic carbocycles. The SMILES string of the molecule is Cc1ccc2nc(/C=C/c3ccc(N(C)C)cc3)cc(-c3nnc(N)s3)c2c1. The molecule has 5 nitrogen and oxygen atoms in total. The molecule has 0 saturated carbocycles. The Morgan fingerprint density at radius 1 is 0.964 bits per heavy atom. The largest absolute Gasteiger partial charge is 0.378 e. The van der Waals surface area contributed by atoms with Gasteiger partial charge in [0.05, 0.1) is 11.2 Å². The van der Waals surface area contributed by atoms with Crippen LogP contribution in [0, 0.1) is 6.92 Å². The van der Waals surface area contributed by atoms with Crippen molar-refractivity contribution in [2.75, 3.05) is 24.7 Å². The van der Waals surface area contributed by atoms with Crippen LogP contribution >= 0.6 is 11.3 Å². The molecule has 0 bridgehead atoms. The van der Waals surface area contributed by atoms with E-state index in [1.807, 2.05) is 32.3 Å². The summed E-state index contributed by atoms with van der Waals surface area (Å²) < 4.78 is 0. The van der Waals surface area contributed by atoms with Crippen LogP contribution in [0.1, 0.15) is 16.8 Å². The maximum atomic E-state index is 5.81. The van der Waals surface area contributed by atoms with E-state index in [4.69, 9.17) is 10.7 Å². The molecular formula is C22H21N5S. The monoisotopic (exact) mass is 387 g/mol. The molecule has 0 saturated heterocycles. The Hall–Kier alpha value is -3.25. The van der Waals surface area contributed by atoms with Crippen molar-refractivity contribution in [3.8, 4) is 10.6 Å². The summed E-state index contributed by atoms with van der Waals surface area (Å²) in [6.45, 7) is 2.07. The number of aryl methyl sites for hydroxylation is 1. The molecule has 0 unspecified atom stereocenters. The minimum Gasteiger partial charge on any atom is -0.378 e. The minimum atomic E-state index is 0.464. The number of nitrogens with two attached hydrogens (primary N) is 1. The first-order valence-corrected chi connectivity index (χ1v) is 9.77. The van der Waals surface area contributed by atoms with Gasteiger partial charge < -0.3 is 10.6 Å². The number of pyridine rings is 1. The molecule has 0 spiro atoms. The fourth-order valence-corrected chi connectivity index (χ4v) is 3.67. The van der Waals surface area contributed by atoms with Gasteiger partial charge in [-0.15, -0.1) is 10.2 Å². The number of fused-ring (bicyclic) bond motifs is 1. The van der Waals surface area contributed by atoms with Gasteiger partial charge in [-0.2, -0.15) is 0 Å². The van der Waals surface area contributed by atoms with Crippen LogP contribution in [0.15, 0.2) is 48.5 Å². The number of benzene rings is 2. The molecule has 28 heavy (non-hydrogen) atoms. The minimum absolute atomic E-state index is 0.464. The van der Waals surface area contributed by atoms with Crippen LogP contribution in [0.25, 0.3) is 33.6 Å². The molecule has 6 heteroatoms. The van der Waals surface area contributed by atoms with E-state index in [1.165, 1.54) is 22.6 Å². The second kappa shape index (κ2) is 7.40. The highest BCUT2D eigenvalue weighted by atomic mass is 32.1. The van der Waals surface area contributed by atoms with E-state index in [0.717, 1.165) is 32.7 Å². The van der Waals surface area contributed by atoms with E-state index in [1.54, 1.807) is 0 Å². The van der Waals surface area contributed by atoms with Crippen molar-refractivity contribution in [2.45, 2.75) is 6.92 Å². The summed E-state index contributed by atoms with van der Waals surface area (Å²) in [6.07, 6.45) is 4.10. The first-order valence-electron chi connectivity index (χ1n) is 8.96. The lowest BCUT2D eigenvalue weighted by Crippen LogP contribution is -2.07. The molecule has 0 radical (unpaired) electrons. The van der Waals surface area contributed by atoms with Crippen LogP contribution in [0.4, 0.5) is 10.8 Å². The van der Waals surface area contributed by atoms with Gasteiger partial charge in [0.1, 0.15) is 5.01 Å². The summed E-state index contributed by atoms with van der Waals surface area (Å²) >= 11 is 1.39. The smallest absolute Gasteiger partial charge is 0.203 e. The lowest BCUT2D eigenvalue weighted by Gasteiger charge is -2.11. The predicted molar refractivity (Wildman–Crippen MR) is 119 cm³/mol. The first kappa shape index (κ1) is 18.1. The van der Waals surface area contributed by atoms with Crippen LogP contribution < -0.4 is 10.6 Å². The lowest BCUT2D eigenvalue weighted by molar-refractivity contribution is 1.10. The van der Waals surface area contributed by atoms with Crippen molar-refractivity contribution >= 4 is 45.2 Å². The third-order valence-corrected chi connectivity index (χ3v) is 5.30. The highest BCUT2D eigenvalue weighted by molar-refractivity contribution is 7.18. The van der Waals surface area contributed by atoms with E-state index in [9.17, 15) is 0 Å². The highest BCUT2D eigenvalue weighted by Gasteiger charge is 2.11. The van der Waals surface area contributed by atoms with Gasteiger partial charge in [0.2, 0.25) is 5.13 Å². The van der Waals surface area contributed by atoms with Gasteiger partial charge in [0.25, 0.3) is 0 Å². The second-order valence-corrected chi connectivity index (χ2v) is 7.89. The van der Waals surface area contributed by atoms with Crippen LogP contribution in [0.5, 0.6) is 0 Å². The third-order valence-electron chi connectivity index (χ3n) is 4.51. The first-order chi connectivity index (χ1) is 13.5. The van der Waals surface area contributed by atoms with Crippen LogP contribution in [-0.2, 0) is 0 Å². The van der Waals surface area contributed by atoms with Gasteiger partial charge in [0.15, 0.2) is 0 Å². The fraction of sp³-hybridized carbons (Fsp3) is 0.136. The number of rotatable bonds is 4. The maximum absolute atomic E-state index is 5.81. The van der Waals surface area contributed by atoms with Crippen LogP contribution in [0.2, 0.25) is 0 Å². The zero-order valence-electron chi connectivity index (χ0n) is 16.0. The summed E-state index contributed by atoms with van der Waals surface area (Å²) in [4.78, 5) is 6.88. The summed E-state index contributed by atoms with van der Waals surface area (Å²) in [7, 11) is 4.07. The molecule has 4 rings (SSSR count). The van der Waals surface area contributed by atoms with Crippen LogP contribution in [0.3, 0.4) is 0 Å². The number of aromatic nitrogens is 3. The summed E-state index contributed by atoms with van der Waals surface area (Å²) in [6, 6.07) is 16.7. The highest BCUT2D eigenvalue weighted by Crippen LogP contribution is 2.32. The van der Waals surface area contributed by atoms with Gasteiger partial charge in [-0.1, -0.05) is 41.2 Å². The Balaban J connectivity index is 1.76. The number of anilines is 2. The average molecular weight is 388 g/mol. The van der Waals surface area contributed by atoms with Crippen LogP contribution in [-0.4, -0.2) is 29.3 Å². The number of hydrogen-bond donors (Lipinski definition) is 1. The predicted octanol–water partition coefficient (Wildman–Crippen LogP) is 4.88. The number of nitrogen functional groups attached to an aromatic ring is 1. The molecule has 0 aliphatic rings. The Kier molecular flexibility index (Phi) is 4.79. The van der Waals surface area contributed by atoms with Crippen molar-refractivity contribution in [1.29, 1.82) is 0 Å². The molecule has 0 atom stereocenters. The Morgan fingerprint density at radius 3 is 2.43 bits per heavy atom. The Bertz CT molecular complexity index is 1160. The summed E-state index contributed by atoms with van der Waals surface area (Å²) in [5.74, 6) is 0. The van der Waals surface area contributed by atoms with Gasteiger partial charge in [-0.05, 0) is 48.9 Å². The van der Waals surface area contributed by atoms with Crippen molar-refractivity contribution in [2.24, 2.45) is 0 Å². The van der Waals surface area contributed by atoms with Gasteiger partial charge >= 0.3 is 0 Å². The molecule has 0 aliphatic carbocycles. The van der Waals surface area contributed by atoms with E-state index >= 15 is 0 Å². The van der Waals surface area contributed by atoms with Gasteiger partial charge in [-0.3, -0.25) is 0 Å². The zero-order chi connectivity index (χ0) is 19.7. The van der Waals surface area contributed by atoms with E-state index in [-0.39, 0.29) is 0 Å². The lowest BCUT2D eigenvalue weighted by atomic mass is 10.0. The van der Waals surface area contributed by atoms with E-state index in [0.29, 0.717) is 5.13 Å². The third kappa shape index (κ3) is 3.73. The quantitative estimate of drug-likeness (QED) is 0.540. The summed E-state index contributed by atoms with van der Waals surface area (Å²) in [5.41, 5.74) is 12.1. The standard InChI is InChI=1S/C22H21N5S/c1-14-4-11-20-18(12-14)19(21-25-26-22(23)28-21)13-16(24-20)8-5-15-6-9-17(10-7-15)27(2)3/h4-13H,1-3H3,(H2,23,26)/b8-5+. The van der Waals surface area contributed by atoms with Crippen molar-refractivity contribution in [3.05, 3.63) is 65.4 Å². The van der Waals surface area contributed by atoms with Crippen molar-refractivity contribution < 1.29 is 0 Å². The van der Waals surface area contributed by atoms with Crippen molar-refractivity contribution in [1.82, 2.24) is 15.2 Å². The molecule has 140 valence electrons. The topological polar surface area (TPSA) is 67.9 Å². The number of nitrogens with zero attached hydrogens (tertiary/aromatic N) is 4. The molecular weight excluding hydrogens is 366 g/mol. The summed E-state index contributed by atoms with van der Waals surface area (Å²) in [5, 5.41) is 10.5. The normalized spacial score (nSPS) is 11.4. The van der Waals surface area contributed by atoms with E-state index in [2.05, 4.69) is 64.5 Å². The van der Waals surface area contributed by atoms with Gasteiger partial charge in [-0.25, -0.2) is 4.98 Å². The van der Waals surface area contributed by atoms with E-state index < -0.39 is 0 Å². The Labute approximate surface area is 168 Å². The molecule has 2 N–H and O–H groups in total. The zero-order valence-corrected chi connectivity index (χ0v) is 16.9. The molecule has 0 amide bonds. The number of hydrogen-bond acceptors (Lipinski definition) is 6. The van der Waals surface area contributed by atoms with Gasteiger partial charge in [0, 0.05) is 30.7 Å². The molecule has 0 fully saturated rings. The maximum Gasteiger partial charge on any atom is 0.203 e. The molecule has 4 aromatic rings. The second-order valence-electron chi connectivity index (χ2n) is 6.88. The molecule has 2 heterocycles.